The van der Waals surface area contributed by atoms with E-state index in [0.29, 0.717) is 24.2 Å². The van der Waals surface area contributed by atoms with E-state index in [-0.39, 0.29) is 31.9 Å². The first-order valence-electron chi connectivity index (χ1n) is 13.0. The summed E-state index contributed by atoms with van der Waals surface area (Å²) in [4.78, 5) is 36.1. The minimum Gasteiger partial charge on any atom is -0.465 e. The highest BCUT2D eigenvalue weighted by molar-refractivity contribution is 5.90. The predicted molar refractivity (Wildman–Crippen MR) is 157 cm³/mol. The molecule has 0 saturated carbocycles. The highest BCUT2D eigenvalue weighted by Gasteiger charge is 2.08. The maximum Gasteiger partial charge on any atom is 0.408 e. The maximum atomic E-state index is 12.1. The molecule has 0 bridgehead atoms. The fourth-order valence-corrected chi connectivity index (χ4v) is 3.67. The largest absolute Gasteiger partial charge is 0.465 e. The number of hydrogen-bond acceptors (Lipinski definition) is 8. The van der Waals surface area contributed by atoms with E-state index in [1.807, 2.05) is 48.5 Å². The normalized spacial score (nSPS) is 9.79. The SMILES string of the molecule is COC(=O)c1cc(C#CCOC(=O)NCc2cccc(CN)c2)cc(C#CCOC(=O)NCc2cccc(CN)c2)c1. The van der Waals surface area contributed by atoms with E-state index < -0.39 is 18.2 Å². The molecule has 0 fully saturated rings. The number of benzene rings is 3. The van der Waals surface area contributed by atoms with Gasteiger partial charge in [-0.3, -0.25) is 0 Å². The molecular formula is C32H32N4O6. The molecule has 3 rings (SSSR count). The van der Waals surface area contributed by atoms with Crippen LogP contribution in [0.5, 0.6) is 0 Å². The quantitative estimate of drug-likeness (QED) is 0.175. The first-order chi connectivity index (χ1) is 20.4. The molecule has 0 aromatic heterocycles. The standard InChI is InChI=1S/C32H32N4O6/c1-40-30(37)29-17-23(10-4-12-41-31(38)35-21-27-8-2-6-25(15-27)19-33)14-24(18-29)11-5-13-42-32(39)36-22-28-9-3-7-26(16-28)20-34/h2-3,6-9,14-18H,12-13,19-22,33-34H2,1H3,(H,35,38)(H,36,39). The van der Waals surface area contributed by atoms with Crippen LogP contribution in [0.25, 0.3) is 0 Å². The first-order valence-corrected chi connectivity index (χ1v) is 13.0. The van der Waals surface area contributed by atoms with Gasteiger partial charge in [0.2, 0.25) is 0 Å². The summed E-state index contributed by atoms with van der Waals surface area (Å²) >= 11 is 0. The summed E-state index contributed by atoms with van der Waals surface area (Å²) in [6.45, 7) is 1.06. The van der Waals surface area contributed by atoms with Gasteiger partial charge in [-0.25, -0.2) is 14.4 Å². The van der Waals surface area contributed by atoms with Gasteiger partial charge in [-0.15, -0.1) is 0 Å². The average molecular weight is 569 g/mol. The molecule has 0 unspecified atom stereocenters. The zero-order valence-electron chi connectivity index (χ0n) is 23.2. The third kappa shape index (κ3) is 10.7. The van der Waals surface area contributed by atoms with Gasteiger partial charge in [-0.1, -0.05) is 72.2 Å². The van der Waals surface area contributed by atoms with Crippen molar-refractivity contribution in [3.05, 3.63) is 106 Å². The maximum absolute atomic E-state index is 12.1. The number of carbonyl (C=O) groups is 3. The summed E-state index contributed by atoms with van der Waals surface area (Å²) in [5.41, 5.74) is 16.2. The van der Waals surface area contributed by atoms with Crippen molar-refractivity contribution in [2.45, 2.75) is 26.2 Å². The van der Waals surface area contributed by atoms with Gasteiger partial charge >= 0.3 is 18.2 Å². The number of alkyl carbamates (subject to hydrolysis) is 2. The number of nitrogens with one attached hydrogen (secondary N) is 2. The fourth-order valence-electron chi connectivity index (χ4n) is 3.67. The second-order valence-corrected chi connectivity index (χ2v) is 8.80. The molecule has 0 atom stereocenters. The molecular weight excluding hydrogens is 536 g/mol. The highest BCUT2D eigenvalue weighted by Crippen LogP contribution is 2.11. The van der Waals surface area contributed by atoms with E-state index >= 15 is 0 Å². The van der Waals surface area contributed by atoms with E-state index in [4.69, 9.17) is 25.7 Å². The summed E-state index contributed by atoms with van der Waals surface area (Å²) in [6.07, 6.45) is -1.24. The van der Waals surface area contributed by atoms with Crippen LogP contribution in [0.15, 0.2) is 66.7 Å². The van der Waals surface area contributed by atoms with Crippen molar-refractivity contribution >= 4 is 18.2 Å². The van der Waals surface area contributed by atoms with E-state index in [1.54, 1.807) is 6.07 Å². The summed E-state index contributed by atoms with van der Waals surface area (Å²) in [7, 11) is 1.27. The number of carbonyl (C=O) groups excluding carboxylic acids is 3. The Morgan fingerprint density at radius 2 is 1.14 bits per heavy atom. The second-order valence-electron chi connectivity index (χ2n) is 8.80. The molecule has 0 aliphatic rings. The zero-order chi connectivity index (χ0) is 30.2. The van der Waals surface area contributed by atoms with E-state index in [0.717, 1.165) is 22.3 Å². The van der Waals surface area contributed by atoms with Gasteiger partial charge in [0.1, 0.15) is 0 Å². The van der Waals surface area contributed by atoms with Gasteiger partial charge in [0, 0.05) is 37.3 Å². The lowest BCUT2D eigenvalue weighted by Crippen LogP contribution is -2.24. The van der Waals surface area contributed by atoms with Crippen LogP contribution in [0.4, 0.5) is 9.59 Å². The van der Waals surface area contributed by atoms with Crippen LogP contribution in [0.3, 0.4) is 0 Å². The third-order valence-corrected chi connectivity index (χ3v) is 5.70. The summed E-state index contributed by atoms with van der Waals surface area (Å²) in [5.74, 6) is 10.6. The molecule has 216 valence electrons. The van der Waals surface area contributed by atoms with Crippen LogP contribution in [0, 0.1) is 23.7 Å². The van der Waals surface area contributed by atoms with Crippen molar-refractivity contribution in [3.8, 4) is 23.7 Å². The minimum absolute atomic E-state index is 0.169. The molecule has 3 aromatic rings. The Balaban J connectivity index is 1.52. The van der Waals surface area contributed by atoms with E-state index in [9.17, 15) is 14.4 Å². The molecule has 0 aliphatic heterocycles. The van der Waals surface area contributed by atoms with Crippen molar-refractivity contribution in [2.24, 2.45) is 11.5 Å². The minimum atomic E-state index is -0.620. The van der Waals surface area contributed by atoms with E-state index in [2.05, 4.69) is 34.3 Å². The topological polar surface area (TPSA) is 155 Å². The van der Waals surface area contributed by atoms with Gasteiger partial charge in [-0.05, 0) is 40.5 Å². The smallest absolute Gasteiger partial charge is 0.408 e. The molecule has 3 aromatic carbocycles. The van der Waals surface area contributed by atoms with Crippen molar-refractivity contribution < 1.29 is 28.6 Å². The monoisotopic (exact) mass is 568 g/mol. The van der Waals surface area contributed by atoms with Crippen LogP contribution in [-0.2, 0) is 40.4 Å². The van der Waals surface area contributed by atoms with Crippen molar-refractivity contribution in [2.75, 3.05) is 20.3 Å². The molecule has 0 heterocycles. The van der Waals surface area contributed by atoms with Crippen LogP contribution >= 0.6 is 0 Å². The molecule has 42 heavy (non-hydrogen) atoms. The first kappa shape index (κ1) is 31.2. The molecule has 0 radical (unpaired) electrons. The average Bonchev–Trinajstić information content (AvgIpc) is 3.02. The van der Waals surface area contributed by atoms with Crippen molar-refractivity contribution in [3.63, 3.8) is 0 Å². The number of esters is 1. The zero-order valence-corrected chi connectivity index (χ0v) is 23.2. The van der Waals surface area contributed by atoms with E-state index in [1.165, 1.54) is 19.2 Å². The number of nitrogens with two attached hydrogens (primary N) is 2. The van der Waals surface area contributed by atoms with Gasteiger partial charge in [-0.2, -0.15) is 0 Å². The number of ether oxygens (including phenoxy) is 3. The lowest BCUT2D eigenvalue weighted by molar-refractivity contribution is 0.0600. The molecule has 10 heteroatoms. The van der Waals surface area contributed by atoms with Gasteiger partial charge < -0.3 is 36.3 Å². The van der Waals surface area contributed by atoms with Crippen LogP contribution in [0.2, 0.25) is 0 Å². The molecule has 10 nitrogen and oxygen atoms in total. The highest BCUT2D eigenvalue weighted by atomic mass is 16.6. The number of hydrogen-bond donors (Lipinski definition) is 4. The second kappa shape index (κ2) is 16.7. The summed E-state index contributed by atoms with van der Waals surface area (Å²) < 4.78 is 15.0. The Morgan fingerprint density at radius 3 is 1.57 bits per heavy atom. The molecule has 0 saturated heterocycles. The molecule has 0 spiro atoms. The third-order valence-electron chi connectivity index (χ3n) is 5.70. The van der Waals surface area contributed by atoms with Gasteiger partial charge in [0.05, 0.1) is 12.7 Å². The summed E-state index contributed by atoms with van der Waals surface area (Å²) in [5, 5.41) is 5.31. The van der Waals surface area contributed by atoms with Crippen LogP contribution in [-0.4, -0.2) is 38.5 Å². The van der Waals surface area contributed by atoms with Crippen LogP contribution < -0.4 is 22.1 Å². The lowest BCUT2D eigenvalue weighted by atomic mass is 10.1. The summed E-state index contributed by atoms with van der Waals surface area (Å²) in [6, 6.07) is 19.8. The lowest BCUT2D eigenvalue weighted by Gasteiger charge is -2.06. The number of amides is 2. The van der Waals surface area contributed by atoms with Crippen molar-refractivity contribution in [1.82, 2.24) is 10.6 Å². The number of methoxy groups -OCH3 is 1. The van der Waals surface area contributed by atoms with Crippen molar-refractivity contribution in [1.29, 1.82) is 0 Å². The Hall–Kier alpha value is -5.29. The Labute approximate surface area is 244 Å². The van der Waals surface area contributed by atoms with Gasteiger partial charge in [0.15, 0.2) is 13.2 Å². The number of rotatable bonds is 9. The predicted octanol–water partition coefficient (Wildman–Crippen LogP) is 2.95. The Kier molecular flexibility index (Phi) is 12.4. The molecule has 0 aliphatic carbocycles. The molecule has 6 N–H and O–H groups in total. The Bertz CT molecular complexity index is 1430. The Morgan fingerprint density at radius 1 is 0.690 bits per heavy atom. The van der Waals surface area contributed by atoms with Gasteiger partial charge in [0.25, 0.3) is 0 Å². The molecule has 2 amide bonds. The fraction of sp³-hybridized carbons (Fsp3) is 0.219. The van der Waals surface area contributed by atoms with Crippen LogP contribution in [0.1, 0.15) is 43.7 Å².